The van der Waals surface area contributed by atoms with E-state index in [0.29, 0.717) is 64.2 Å². The zero-order valence-electron chi connectivity index (χ0n) is 24.9. The van der Waals surface area contributed by atoms with E-state index in [9.17, 15) is 22.8 Å². The van der Waals surface area contributed by atoms with Gasteiger partial charge >= 0.3 is 6.18 Å². The van der Waals surface area contributed by atoms with Crippen LogP contribution >= 0.6 is 11.3 Å². The van der Waals surface area contributed by atoms with Crippen molar-refractivity contribution in [1.82, 2.24) is 24.4 Å². The predicted molar refractivity (Wildman–Crippen MR) is 164 cm³/mol. The average molecular weight is 624 g/mol. The minimum Gasteiger partial charge on any atom is -0.495 e. The van der Waals surface area contributed by atoms with E-state index in [0.717, 1.165) is 48.4 Å². The molecule has 1 amide bonds. The monoisotopic (exact) mass is 623 g/mol. The number of alkyl halides is 3. The highest BCUT2D eigenvalue weighted by molar-refractivity contribution is 7.13. The summed E-state index contributed by atoms with van der Waals surface area (Å²) in [5.41, 5.74) is 2.31. The summed E-state index contributed by atoms with van der Waals surface area (Å²) < 4.78 is 46.1. The number of carbonyl (C=O) groups excluding carboxylic acids is 1. The molecule has 0 aromatic carbocycles. The maximum atomic E-state index is 14.5. The molecule has 1 fully saturated rings. The highest BCUT2D eigenvalue weighted by Gasteiger charge is 2.32. The summed E-state index contributed by atoms with van der Waals surface area (Å²) in [4.78, 5) is 43.1. The fraction of sp³-hybridized carbons (Fsp3) is 0.344. The minimum atomic E-state index is -4.56. The van der Waals surface area contributed by atoms with E-state index in [4.69, 9.17) is 4.74 Å². The molecular formula is C32H32F3N5O3S. The molecule has 4 aromatic rings. The summed E-state index contributed by atoms with van der Waals surface area (Å²) in [7, 11) is 1.52. The zero-order chi connectivity index (χ0) is 31.6. The first-order valence-electron chi connectivity index (χ1n) is 14.3. The number of pyridine rings is 3. The van der Waals surface area contributed by atoms with Crippen LogP contribution in [0.4, 0.5) is 13.2 Å². The third-order valence-corrected chi connectivity index (χ3v) is 8.23. The minimum absolute atomic E-state index is 0.190. The van der Waals surface area contributed by atoms with E-state index in [-0.39, 0.29) is 11.5 Å². The number of ether oxygens (including phenoxy) is 1. The van der Waals surface area contributed by atoms with Crippen LogP contribution in [-0.4, -0.2) is 50.5 Å². The van der Waals surface area contributed by atoms with Crippen LogP contribution < -0.4 is 10.3 Å². The maximum absolute atomic E-state index is 14.5. The van der Waals surface area contributed by atoms with Crippen molar-refractivity contribution < 1.29 is 22.7 Å². The molecule has 0 atom stereocenters. The van der Waals surface area contributed by atoms with E-state index in [1.165, 1.54) is 17.7 Å². The fourth-order valence-corrected chi connectivity index (χ4v) is 6.00. The van der Waals surface area contributed by atoms with Crippen LogP contribution in [0, 0.1) is 0 Å². The van der Waals surface area contributed by atoms with Gasteiger partial charge in [0.1, 0.15) is 16.5 Å². The average Bonchev–Trinajstić information content (AvgIpc) is 3.51. The molecule has 1 aliphatic rings. The first-order chi connectivity index (χ1) is 21.0. The summed E-state index contributed by atoms with van der Waals surface area (Å²) in [5.74, 6) is 0.262. The van der Waals surface area contributed by atoms with Gasteiger partial charge < -0.3 is 9.64 Å². The SMILES string of the molecule is CCc1ncc(OC)cc1-n1c(C=C(C)C)c(C(=O)N2CCCCC2)cc(-c2nc(-c3ccc(C(F)(F)F)nc3)cs2)c1=O. The summed E-state index contributed by atoms with van der Waals surface area (Å²) in [6.07, 6.45) is 3.31. The van der Waals surface area contributed by atoms with E-state index in [2.05, 4.69) is 15.0 Å². The second-order valence-electron chi connectivity index (χ2n) is 10.7. The number of allylic oxidation sites excluding steroid dienone is 1. The molecule has 12 heteroatoms. The molecule has 1 saturated heterocycles. The number of aryl methyl sites for hydroxylation is 1. The Kier molecular flexibility index (Phi) is 9.00. The Morgan fingerprint density at radius 1 is 1.09 bits per heavy atom. The lowest BCUT2D eigenvalue weighted by atomic mass is 10.0. The number of thiazole rings is 1. The second kappa shape index (κ2) is 12.7. The highest BCUT2D eigenvalue weighted by atomic mass is 32.1. The van der Waals surface area contributed by atoms with Crippen LogP contribution in [0.15, 0.2) is 52.4 Å². The molecule has 0 unspecified atom stereocenters. The van der Waals surface area contributed by atoms with Crippen LogP contribution in [0.2, 0.25) is 0 Å². The number of methoxy groups -OCH3 is 1. The normalized spacial score (nSPS) is 13.6. The van der Waals surface area contributed by atoms with Crippen molar-refractivity contribution >= 4 is 23.3 Å². The van der Waals surface area contributed by atoms with Gasteiger partial charge in [-0.3, -0.25) is 24.1 Å². The van der Waals surface area contributed by atoms with Crippen molar-refractivity contribution in [2.45, 2.75) is 52.6 Å². The van der Waals surface area contributed by atoms with Gasteiger partial charge in [0.25, 0.3) is 11.5 Å². The van der Waals surface area contributed by atoms with E-state index in [1.807, 2.05) is 31.7 Å². The highest BCUT2D eigenvalue weighted by Crippen LogP contribution is 2.33. The quantitative estimate of drug-likeness (QED) is 0.219. The van der Waals surface area contributed by atoms with Gasteiger partial charge in [-0.25, -0.2) is 4.98 Å². The van der Waals surface area contributed by atoms with Gasteiger partial charge in [0, 0.05) is 36.3 Å². The number of hydrogen-bond donors (Lipinski definition) is 0. The molecule has 0 aliphatic carbocycles. The largest absolute Gasteiger partial charge is 0.495 e. The molecule has 5 rings (SSSR count). The first-order valence-corrected chi connectivity index (χ1v) is 15.2. The molecule has 0 bridgehead atoms. The first kappa shape index (κ1) is 31.1. The van der Waals surface area contributed by atoms with Crippen molar-refractivity contribution in [1.29, 1.82) is 0 Å². The van der Waals surface area contributed by atoms with Crippen LogP contribution in [0.1, 0.15) is 67.5 Å². The van der Waals surface area contributed by atoms with Crippen molar-refractivity contribution in [3.05, 3.63) is 80.6 Å². The number of likely N-dealkylation sites (tertiary alicyclic amines) is 1. The number of rotatable bonds is 7. The number of carbonyl (C=O) groups is 1. The predicted octanol–water partition coefficient (Wildman–Crippen LogP) is 7.06. The van der Waals surface area contributed by atoms with Crippen molar-refractivity contribution in [2.24, 2.45) is 0 Å². The van der Waals surface area contributed by atoms with Gasteiger partial charge in [-0.2, -0.15) is 13.2 Å². The van der Waals surface area contributed by atoms with Crippen molar-refractivity contribution in [3.8, 4) is 33.3 Å². The van der Waals surface area contributed by atoms with Crippen LogP contribution in [0.5, 0.6) is 5.75 Å². The Morgan fingerprint density at radius 2 is 1.84 bits per heavy atom. The molecular weight excluding hydrogens is 591 g/mol. The third kappa shape index (κ3) is 6.30. The molecule has 0 spiro atoms. The second-order valence-corrected chi connectivity index (χ2v) is 11.6. The Labute approximate surface area is 256 Å². The smallest absolute Gasteiger partial charge is 0.433 e. The molecule has 5 heterocycles. The van der Waals surface area contributed by atoms with E-state index >= 15 is 0 Å². The standard InChI is InChI=1S/C32H32F3N5O3S/c1-5-24-27(14-21(43-4)17-36-24)40-26(13-19(2)3)22(30(41)39-11-7-6-8-12-39)15-23(31(40)42)29-38-25(18-44-29)20-9-10-28(37-16-20)32(33,34)35/h9-10,13-18H,5-8,11-12H2,1-4H3. The van der Waals surface area contributed by atoms with Crippen LogP contribution in [0.3, 0.4) is 0 Å². The van der Waals surface area contributed by atoms with E-state index in [1.54, 1.807) is 23.7 Å². The van der Waals surface area contributed by atoms with Crippen LogP contribution in [-0.2, 0) is 12.6 Å². The summed E-state index contributed by atoms with van der Waals surface area (Å²) in [6, 6.07) is 5.52. The van der Waals surface area contributed by atoms with Crippen molar-refractivity contribution in [3.63, 3.8) is 0 Å². The number of hydrogen-bond acceptors (Lipinski definition) is 7. The fourth-order valence-electron chi connectivity index (χ4n) is 5.16. The molecule has 8 nitrogen and oxygen atoms in total. The van der Waals surface area contributed by atoms with Gasteiger partial charge in [0.15, 0.2) is 0 Å². The molecule has 230 valence electrons. The summed E-state index contributed by atoms with van der Waals surface area (Å²) >= 11 is 1.16. The number of nitrogens with zero attached hydrogens (tertiary/aromatic N) is 5. The lowest BCUT2D eigenvalue weighted by molar-refractivity contribution is -0.141. The Morgan fingerprint density at radius 3 is 2.45 bits per heavy atom. The van der Waals surface area contributed by atoms with Crippen LogP contribution in [0.25, 0.3) is 33.6 Å². The molecule has 1 aliphatic heterocycles. The number of piperidine rings is 1. The Balaban J connectivity index is 1.75. The molecule has 44 heavy (non-hydrogen) atoms. The van der Waals surface area contributed by atoms with E-state index < -0.39 is 17.4 Å². The third-order valence-electron chi connectivity index (χ3n) is 7.36. The summed E-state index contributed by atoms with van der Waals surface area (Å²) in [6.45, 7) is 6.95. The van der Waals surface area contributed by atoms with Gasteiger partial charge in [-0.15, -0.1) is 11.3 Å². The number of aromatic nitrogens is 4. The lowest BCUT2D eigenvalue weighted by Gasteiger charge is -2.28. The Bertz CT molecular complexity index is 1770. The Hall–Kier alpha value is -4.32. The topological polar surface area (TPSA) is 90.2 Å². The van der Waals surface area contributed by atoms with Gasteiger partial charge in [0.05, 0.1) is 47.2 Å². The van der Waals surface area contributed by atoms with Crippen molar-refractivity contribution in [2.75, 3.05) is 20.2 Å². The maximum Gasteiger partial charge on any atom is 0.433 e. The molecule has 4 aromatic heterocycles. The zero-order valence-corrected chi connectivity index (χ0v) is 25.7. The molecule has 0 radical (unpaired) electrons. The van der Waals surface area contributed by atoms with Gasteiger partial charge in [0.2, 0.25) is 0 Å². The number of amides is 1. The molecule has 0 saturated carbocycles. The number of halogens is 3. The summed E-state index contributed by atoms with van der Waals surface area (Å²) in [5, 5.41) is 1.98. The lowest BCUT2D eigenvalue weighted by Crippen LogP contribution is -2.37. The van der Waals surface area contributed by atoms with Gasteiger partial charge in [-0.1, -0.05) is 12.5 Å². The molecule has 0 N–H and O–H groups in total. The van der Waals surface area contributed by atoms with Gasteiger partial charge in [-0.05, 0) is 63.8 Å².